The van der Waals surface area contributed by atoms with Gasteiger partial charge in [-0.1, -0.05) is 0 Å². The topological polar surface area (TPSA) is 170 Å². The minimum absolute atomic E-state index is 0.0156. The molecule has 3 N–H and O–H groups in total. The van der Waals surface area contributed by atoms with Gasteiger partial charge in [-0.25, -0.2) is 33.3 Å². The maximum absolute atomic E-state index is 14.7. The van der Waals surface area contributed by atoms with E-state index in [0.717, 1.165) is 6.33 Å². The fraction of sp³-hybridized carbons (Fsp3) is 0.667. The van der Waals surface area contributed by atoms with E-state index in [1.807, 2.05) is 0 Å². The van der Waals surface area contributed by atoms with Gasteiger partial charge in [-0.2, -0.15) is 0 Å². The van der Waals surface area contributed by atoms with E-state index in [2.05, 4.69) is 32.1 Å². The molecule has 0 radical (unpaired) electrons. The second kappa shape index (κ2) is 11.5. The first kappa shape index (κ1) is 29.4. The number of fused-ring (bicyclic) bond motifs is 1. The van der Waals surface area contributed by atoms with Crippen LogP contribution in [0, 0.1) is 0 Å². The highest BCUT2D eigenvalue weighted by Crippen LogP contribution is 2.39. The van der Waals surface area contributed by atoms with E-state index in [-0.39, 0.29) is 49.6 Å². The molecular formula is C21H29F2N6O8PS. The molecule has 4 heterocycles. The molecular weight excluding hydrogens is 565 g/mol. The predicted octanol–water partition coefficient (Wildman–Crippen LogP) is 2.57. The SMILES string of the molecule is CC(C)(C)OC(=O)N1C[C@@H](F)C[C@H]1COC(=O)Nc1ncnc2c1ncn2[C@@H]1O[C@H](COP(O)(O)=S)C[C@H]1F. The van der Waals surface area contributed by atoms with Crippen molar-refractivity contribution in [1.29, 1.82) is 0 Å². The van der Waals surface area contributed by atoms with Crippen LogP contribution >= 0.6 is 6.72 Å². The zero-order chi connectivity index (χ0) is 28.5. The number of carbonyl (C=O) groups excluding carboxylic acids is 2. The standard InChI is InChI=1S/C21H29F2N6O8PS/c1-21(2,3)37-20(31)28-6-11(22)4-12(28)7-34-19(30)27-16-15-17(25-9-24-16)29(10-26-15)18-14(23)5-13(36-18)8-35-38(32,33)39/h9-14,18H,4-8H2,1-3H3,(H2,32,33,39)(H,24,25,27,30)/t11-,12-,13-,14+,18+/m0/s1. The number of likely N-dealkylation sites (tertiary alicyclic amines) is 1. The Morgan fingerprint density at radius 2 is 1.97 bits per heavy atom. The summed E-state index contributed by atoms with van der Waals surface area (Å²) in [7, 11) is 0. The number of nitrogens with one attached hydrogen (secondary N) is 1. The summed E-state index contributed by atoms with van der Waals surface area (Å²) < 4.78 is 51.0. The number of hydrogen-bond donors (Lipinski definition) is 3. The van der Waals surface area contributed by atoms with Gasteiger partial charge in [0.1, 0.15) is 30.9 Å². The summed E-state index contributed by atoms with van der Waals surface area (Å²) in [6.45, 7) is 0.392. The molecule has 5 atom stereocenters. The molecule has 2 aromatic heterocycles. The lowest BCUT2D eigenvalue weighted by Gasteiger charge is -2.28. The maximum atomic E-state index is 14.7. The second-order valence-corrected chi connectivity index (χ2v) is 12.7. The predicted molar refractivity (Wildman–Crippen MR) is 135 cm³/mol. The third kappa shape index (κ3) is 7.55. The summed E-state index contributed by atoms with van der Waals surface area (Å²) in [6, 6.07) is -0.715. The molecule has 4 rings (SSSR count). The van der Waals surface area contributed by atoms with E-state index in [1.54, 1.807) is 20.8 Å². The summed E-state index contributed by atoms with van der Waals surface area (Å²) in [4.78, 5) is 56.8. The number of nitrogens with zero attached hydrogens (tertiary/aromatic N) is 5. The number of aromatic nitrogens is 4. The van der Waals surface area contributed by atoms with Crippen molar-refractivity contribution >= 4 is 47.7 Å². The Balaban J connectivity index is 1.39. The fourth-order valence-corrected chi connectivity index (χ4v) is 4.77. The second-order valence-electron chi connectivity index (χ2n) is 10.1. The minimum Gasteiger partial charge on any atom is -0.447 e. The molecule has 2 fully saturated rings. The van der Waals surface area contributed by atoms with Gasteiger partial charge in [-0.3, -0.25) is 14.8 Å². The van der Waals surface area contributed by atoms with E-state index in [1.165, 1.54) is 15.8 Å². The van der Waals surface area contributed by atoms with E-state index in [4.69, 9.17) is 18.7 Å². The number of anilines is 1. The van der Waals surface area contributed by atoms with Crippen molar-refractivity contribution < 1.29 is 46.9 Å². The smallest absolute Gasteiger partial charge is 0.412 e. The van der Waals surface area contributed by atoms with Crippen LogP contribution in [0.25, 0.3) is 11.2 Å². The zero-order valence-corrected chi connectivity index (χ0v) is 23.0. The third-order valence-corrected chi connectivity index (χ3v) is 6.61. The van der Waals surface area contributed by atoms with Gasteiger partial charge in [0.25, 0.3) is 0 Å². The fourth-order valence-electron chi connectivity index (χ4n) is 4.23. The Labute approximate surface area is 226 Å². The molecule has 2 aromatic rings. The lowest BCUT2D eigenvalue weighted by atomic mass is 10.2. The van der Waals surface area contributed by atoms with Gasteiger partial charge >= 0.3 is 18.9 Å². The molecule has 14 nitrogen and oxygen atoms in total. The Hall–Kier alpha value is -2.56. The molecule has 0 bridgehead atoms. The number of hydrogen-bond acceptors (Lipinski definition) is 10. The van der Waals surface area contributed by atoms with E-state index >= 15 is 0 Å². The van der Waals surface area contributed by atoms with Gasteiger partial charge in [0, 0.05) is 12.8 Å². The molecule has 0 unspecified atom stereocenters. The molecule has 0 spiro atoms. The first-order valence-electron chi connectivity index (χ1n) is 11.9. The van der Waals surface area contributed by atoms with Crippen molar-refractivity contribution in [3.63, 3.8) is 0 Å². The highest BCUT2D eigenvalue weighted by Gasteiger charge is 2.40. The third-order valence-electron chi connectivity index (χ3n) is 5.81. The largest absolute Gasteiger partial charge is 0.447 e. The molecule has 0 aliphatic carbocycles. The van der Waals surface area contributed by atoms with Crippen LogP contribution in [0.4, 0.5) is 24.2 Å². The molecule has 2 saturated heterocycles. The van der Waals surface area contributed by atoms with Crippen LogP contribution in [0.2, 0.25) is 0 Å². The van der Waals surface area contributed by atoms with Crippen molar-refractivity contribution in [2.75, 3.05) is 25.1 Å². The molecule has 0 aromatic carbocycles. The summed E-state index contributed by atoms with van der Waals surface area (Å²) in [5.41, 5.74) is -0.504. The Bertz CT molecular complexity index is 1260. The zero-order valence-electron chi connectivity index (χ0n) is 21.3. The number of carbonyl (C=O) groups is 2. The van der Waals surface area contributed by atoms with Crippen LogP contribution < -0.4 is 5.32 Å². The van der Waals surface area contributed by atoms with Gasteiger partial charge in [0.2, 0.25) is 0 Å². The molecule has 216 valence electrons. The monoisotopic (exact) mass is 594 g/mol. The van der Waals surface area contributed by atoms with E-state index < -0.39 is 55.2 Å². The molecule has 18 heteroatoms. The van der Waals surface area contributed by atoms with Crippen molar-refractivity contribution in [2.24, 2.45) is 0 Å². The molecule has 2 amide bonds. The quantitative estimate of drug-likeness (QED) is 0.401. The summed E-state index contributed by atoms with van der Waals surface area (Å²) >= 11 is 4.40. The maximum Gasteiger partial charge on any atom is 0.412 e. The van der Waals surface area contributed by atoms with Crippen LogP contribution in [-0.4, -0.2) is 96.2 Å². The van der Waals surface area contributed by atoms with Crippen molar-refractivity contribution in [3.05, 3.63) is 12.7 Å². The van der Waals surface area contributed by atoms with Crippen molar-refractivity contribution in [2.45, 2.75) is 69.9 Å². The Morgan fingerprint density at radius 1 is 1.23 bits per heavy atom. The molecule has 2 aliphatic rings. The van der Waals surface area contributed by atoms with Crippen LogP contribution in [0.3, 0.4) is 0 Å². The van der Waals surface area contributed by atoms with Gasteiger partial charge in [-0.05, 0) is 32.6 Å². The highest BCUT2D eigenvalue weighted by atomic mass is 32.5. The number of imidazole rings is 1. The molecule has 2 aliphatic heterocycles. The normalized spacial score (nSPS) is 25.7. The van der Waals surface area contributed by atoms with Crippen molar-refractivity contribution in [1.82, 2.24) is 24.4 Å². The molecule has 0 saturated carbocycles. The van der Waals surface area contributed by atoms with Crippen LogP contribution in [-0.2, 0) is 30.5 Å². The van der Waals surface area contributed by atoms with E-state index in [9.17, 15) is 28.2 Å². The lowest BCUT2D eigenvalue weighted by molar-refractivity contribution is -0.0327. The van der Waals surface area contributed by atoms with Crippen LogP contribution in [0.5, 0.6) is 0 Å². The average molecular weight is 595 g/mol. The number of amides is 2. The van der Waals surface area contributed by atoms with E-state index in [0.29, 0.717) is 0 Å². The first-order chi connectivity index (χ1) is 18.2. The summed E-state index contributed by atoms with van der Waals surface area (Å²) in [6.07, 6.45) is -4.08. The summed E-state index contributed by atoms with van der Waals surface area (Å²) in [5.74, 6) is -0.0305. The molecule has 39 heavy (non-hydrogen) atoms. The Kier molecular flexibility index (Phi) is 8.68. The number of ether oxygens (including phenoxy) is 3. The van der Waals surface area contributed by atoms with Crippen molar-refractivity contribution in [3.8, 4) is 0 Å². The van der Waals surface area contributed by atoms with Crippen LogP contribution in [0.1, 0.15) is 39.8 Å². The van der Waals surface area contributed by atoms with Gasteiger partial charge in [-0.15, -0.1) is 0 Å². The number of alkyl halides is 2. The summed E-state index contributed by atoms with van der Waals surface area (Å²) in [5, 5.41) is 2.43. The number of rotatable bonds is 7. The highest BCUT2D eigenvalue weighted by molar-refractivity contribution is 8.06. The minimum atomic E-state index is -3.92. The van der Waals surface area contributed by atoms with Gasteiger partial charge in [0.05, 0.1) is 31.6 Å². The average Bonchev–Trinajstić information content (AvgIpc) is 3.51. The first-order valence-corrected chi connectivity index (χ1v) is 14.6. The van der Waals surface area contributed by atoms with Crippen LogP contribution in [0.15, 0.2) is 12.7 Å². The lowest BCUT2D eigenvalue weighted by Crippen LogP contribution is -2.42. The van der Waals surface area contributed by atoms with Gasteiger partial charge < -0.3 is 28.5 Å². The number of halogens is 2. The Morgan fingerprint density at radius 3 is 2.67 bits per heavy atom. The van der Waals surface area contributed by atoms with Gasteiger partial charge in [0.15, 0.2) is 23.2 Å².